The van der Waals surface area contributed by atoms with Gasteiger partial charge in [-0.15, -0.1) is 0 Å². The van der Waals surface area contributed by atoms with Crippen molar-refractivity contribution in [2.45, 2.75) is 65.5 Å². The molecule has 2 atom stereocenters. The maximum absolute atomic E-state index is 6.23. The molecule has 2 rings (SSSR count). The van der Waals surface area contributed by atoms with Crippen molar-refractivity contribution in [3.05, 3.63) is 11.9 Å². The summed E-state index contributed by atoms with van der Waals surface area (Å²) in [6.45, 7) is 9.85. The Morgan fingerprint density at radius 1 is 1.35 bits per heavy atom. The second-order valence-corrected chi connectivity index (χ2v) is 6.00. The summed E-state index contributed by atoms with van der Waals surface area (Å²) in [5.74, 6) is 1.77. The van der Waals surface area contributed by atoms with Gasteiger partial charge in [-0.1, -0.05) is 33.6 Å². The van der Waals surface area contributed by atoms with E-state index in [-0.39, 0.29) is 0 Å². The Balaban J connectivity index is 2.15. The summed E-state index contributed by atoms with van der Waals surface area (Å²) in [6.07, 6.45) is 7.93. The molecular weight excluding hydrogens is 248 g/mol. The predicted molar refractivity (Wildman–Crippen MR) is 85.1 cm³/mol. The summed E-state index contributed by atoms with van der Waals surface area (Å²) in [5, 5.41) is 0. The van der Waals surface area contributed by atoms with Gasteiger partial charge in [0.15, 0.2) is 0 Å². The first-order valence-corrected chi connectivity index (χ1v) is 8.26. The molecule has 114 valence electrons. The number of rotatable bonds is 6. The average Bonchev–Trinajstić information content (AvgIpc) is 2.89. The Kier molecular flexibility index (Phi) is 5.46. The number of aromatic nitrogens is 2. The van der Waals surface area contributed by atoms with Crippen molar-refractivity contribution in [3.63, 3.8) is 0 Å². The maximum Gasteiger partial charge on any atom is 0.205 e. The predicted octanol–water partition coefficient (Wildman–Crippen LogP) is 2.81. The molecule has 1 saturated heterocycles. The Morgan fingerprint density at radius 3 is 2.80 bits per heavy atom. The summed E-state index contributed by atoms with van der Waals surface area (Å²) in [4.78, 5) is 7.30. The van der Waals surface area contributed by atoms with Crippen LogP contribution in [0.25, 0.3) is 0 Å². The van der Waals surface area contributed by atoms with Crippen molar-refractivity contribution in [1.29, 1.82) is 0 Å². The number of hydrogen-bond donors (Lipinski definition) is 1. The topological polar surface area (TPSA) is 47.1 Å². The highest BCUT2D eigenvalue weighted by Gasteiger charge is 2.27. The number of aryl methyl sites for hydroxylation is 2. The first-order chi connectivity index (χ1) is 9.69. The first kappa shape index (κ1) is 15.4. The lowest BCUT2D eigenvalue weighted by molar-refractivity contribution is 0.343. The Labute approximate surface area is 123 Å². The molecule has 2 N–H and O–H groups in total. The zero-order valence-corrected chi connectivity index (χ0v) is 13.3. The maximum atomic E-state index is 6.23. The average molecular weight is 278 g/mol. The second kappa shape index (κ2) is 7.11. The zero-order valence-electron chi connectivity index (χ0n) is 13.3. The quantitative estimate of drug-likeness (QED) is 0.870. The summed E-state index contributed by atoms with van der Waals surface area (Å²) < 4.78 is 2.35. The molecule has 0 bridgehead atoms. The SMILES string of the molecule is CCCCn1cc(CC)nc1N1CCC(N)C(CC)C1. The van der Waals surface area contributed by atoms with Crippen LogP contribution >= 0.6 is 0 Å². The monoisotopic (exact) mass is 278 g/mol. The van der Waals surface area contributed by atoms with Gasteiger partial charge in [0.2, 0.25) is 5.95 Å². The summed E-state index contributed by atoms with van der Waals surface area (Å²) >= 11 is 0. The first-order valence-electron chi connectivity index (χ1n) is 8.26. The van der Waals surface area contributed by atoms with Crippen LogP contribution in [-0.2, 0) is 13.0 Å². The van der Waals surface area contributed by atoms with Crippen molar-refractivity contribution in [2.24, 2.45) is 11.7 Å². The summed E-state index contributed by atoms with van der Waals surface area (Å²) in [6, 6.07) is 0.362. The summed E-state index contributed by atoms with van der Waals surface area (Å²) in [7, 11) is 0. The van der Waals surface area contributed by atoms with Crippen molar-refractivity contribution >= 4 is 5.95 Å². The third kappa shape index (κ3) is 3.35. The number of hydrogen-bond acceptors (Lipinski definition) is 3. The molecule has 4 nitrogen and oxygen atoms in total. The lowest BCUT2D eigenvalue weighted by Crippen LogP contribution is -2.47. The smallest absolute Gasteiger partial charge is 0.205 e. The minimum Gasteiger partial charge on any atom is -0.342 e. The van der Waals surface area contributed by atoms with Crippen LogP contribution in [0.15, 0.2) is 6.20 Å². The van der Waals surface area contributed by atoms with Gasteiger partial charge in [-0.2, -0.15) is 0 Å². The van der Waals surface area contributed by atoms with E-state index in [2.05, 4.69) is 36.4 Å². The van der Waals surface area contributed by atoms with Crippen LogP contribution < -0.4 is 10.6 Å². The Bertz CT molecular complexity index is 413. The number of nitrogens with two attached hydrogens (primary N) is 1. The van der Waals surface area contributed by atoms with E-state index in [4.69, 9.17) is 10.7 Å². The molecule has 1 aromatic heterocycles. The van der Waals surface area contributed by atoms with Crippen molar-refractivity contribution in [2.75, 3.05) is 18.0 Å². The van der Waals surface area contributed by atoms with E-state index >= 15 is 0 Å². The fourth-order valence-electron chi connectivity index (χ4n) is 3.04. The molecule has 0 radical (unpaired) electrons. The van der Waals surface area contributed by atoms with E-state index in [1.54, 1.807) is 0 Å². The van der Waals surface area contributed by atoms with Crippen LogP contribution in [0.3, 0.4) is 0 Å². The molecule has 0 saturated carbocycles. The second-order valence-electron chi connectivity index (χ2n) is 6.00. The van der Waals surface area contributed by atoms with Crippen molar-refractivity contribution in [1.82, 2.24) is 9.55 Å². The molecule has 2 unspecified atom stereocenters. The van der Waals surface area contributed by atoms with Gasteiger partial charge in [0.1, 0.15) is 0 Å². The standard InChI is InChI=1S/C16H30N4/c1-4-7-9-19-12-14(6-3)18-16(19)20-10-8-15(17)13(5-2)11-20/h12-13,15H,4-11,17H2,1-3H3. The van der Waals surface area contributed by atoms with E-state index in [9.17, 15) is 0 Å². The molecule has 0 aromatic carbocycles. The fourth-order valence-corrected chi connectivity index (χ4v) is 3.04. The molecule has 1 aromatic rings. The van der Waals surface area contributed by atoms with Crippen molar-refractivity contribution < 1.29 is 0 Å². The van der Waals surface area contributed by atoms with Gasteiger partial charge in [-0.3, -0.25) is 0 Å². The number of piperidine rings is 1. The van der Waals surface area contributed by atoms with Gasteiger partial charge >= 0.3 is 0 Å². The van der Waals surface area contributed by atoms with Crippen LogP contribution in [-0.4, -0.2) is 28.7 Å². The molecule has 0 aliphatic carbocycles. The Morgan fingerprint density at radius 2 is 2.15 bits per heavy atom. The molecule has 20 heavy (non-hydrogen) atoms. The third-order valence-corrected chi connectivity index (χ3v) is 4.52. The summed E-state index contributed by atoms with van der Waals surface area (Å²) in [5.41, 5.74) is 7.43. The molecule has 1 aliphatic rings. The number of nitrogens with zero attached hydrogens (tertiary/aromatic N) is 3. The normalized spacial score (nSPS) is 23.3. The van der Waals surface area contributed by atoms with Gasteiger partial charge in [0.05, 0.1) is 5.69 Å². The fraction of sp³-hybridized carbons (Fsp3) is 0.812. The molecule has 2 heterocycles. The highest BCUT2D eigenvalue weighted by Crippen LogP contribution is 2.24. The van der Waals surface area contributed by atoms with Gasteiger partial charge < -0.3 is 15.2 Å². The minimum absolute atomic E-state index is 0.362. The van der Waals surface area contributed by atoms with Crippen LogP contribution in [0, 0.1) is 5.92 Å². The molecule has 0 amide bonds. The van der Waals surface area contributed by atoms with Gasteiger partial charge in [0.25, 0.3) is 0 Å². The van der Waals surface area contributed by atoms with Crippen LogP contribution in [0.1, 0.15) is 52.1 Å². The largest absolute Gasteiger partial charge is 0.342 e. The van der Waals surface area contributed by atoms with E-state index < -0.39 is 0 Å². The number of unbranched alkanes of at least 4 members (excludes halogenated alkanes) is 1. The van der Waals surface area contributed by atoms with Crippen LogP contribution in [0.4, 0.5) is 5.95 Å². The van der Waals surface area contributed by atoms with E-state index in [1.165, 1.54) is 24.5 Å². The van der Waals surface area contributed by atoms with E-state index in [0.717, 1.165) is 38.9 Å². The third-order valence-electron chi connectivity index (χ3n) is 4.52. The minimum atomic E-state index is 0.362. The lowest BCUT2D eigenvalue weighted by atomic mass is 9.91. The van der Waals surface area contributed by atoms with Crippen molar-refractivity contribution in [3.8, 4) is 0 Å². The molecular formula is C16H30N4. The molecule has 1 aliphatic heterocycles. The van der Waals surface area contributed by atoms with Crippen LogP contribution in [0.2, 0.25) is 0 Å². The van der Waals surface area contributed by atoms with Gasteiger partial charge in [-0.05, 0) is 25.2 Å². The molecule has 4 heteroatoms. The highest BCUT2D eigenvalue weighted by atomic mass is 15.3. The number of anilines is 1. The highest BCUT2D eigenvalue weighted by molar-refractivity contribution is 5.35. The Hall–Kier alpha value is -1.03. The molecule has 0 spiro atoms. The van der Waals surface area contributed by atoms with E-state index in [1.807, 2.05) is 0 Å². The number of imidazole rings is 1. The zero-order chi connectivity index (χ0) is 14.5. The van der Waals surface area contributed by atoms with Crippen LogP contribution in [0.5, 0.6) is 0 Å². The lowest BCUT2D eigenvalue weighted by Gasteiger charge is -2.37. The molecule has 1 fully saturated rings. The van der Waals surface area contributed by atoms with Gasteiger partial charge in [0, 0.05) is 31.9 Å². The van der Waals surface area contributed by atoms with E-state index in [0.29, 0.717) is 12.0 Å². The van der Waals surface area contributed by atoms with Gasteiger partial charge in [-0.25, -0.2) is 4.98 Å².